The summed E-state index contributed by atoms with van der Waals surface area (Å²) in [6.45, 7) is 0. The summed E-state index contributed by atoms with van der Waals surface area (Å²) in [5.74, 6) is -0.128. The lowest BCUT2D eigenvalue weighted by Gasteiger charge is -2.10. The van der Waals surface area contributed by atoms with E-state index in [4.69, 9.17) is 0 Å². The second-order valence-corrected chi connectivity index (χ2v) is 8.62. The van der Waals surface area contributed by atoms with Gasteiger partial charge in [-0.05, 0) is 47.5 Å². The van der Waals surface area contributed by atoms with E-state index >= 15 is 0 Å². The maximum atomic E-state index is 12.7. The lowest BCUT2D eigenvalue weighted by molar-refractivity contribution is -0.137. The Balaban J connectivity index is 1.78. The van der Waals surface area contributed by atoms with E-state index in [1.807, 2.05) is 0 Å². The fourth-order valence-corrected chi connectivity index (χ4v) is 3.89. The number of nitrogens with zero attached hydrogens (tertiary/aromatic N) is 3. The van der Waals surface area contributed by atoms with E-state index in [1.165, 1.54) is 17.3 Å². The summed E-state index contributed by atoms with van der Waals surface area (Å²) in [7, 11) is -0.803. The summed E-state index contributed by atoms with van der Waals surface area (Å²) in [4.78, 5) is 13.1. The van der Waals surface area contributed by atoms with E-state index in [2.05, 4.69) is 5.10 Å². The van der Waals surface area contributed by atoms with E-state index in [0.29, 0.717) is 29.7 Å². The van der Waals surface area contributed by atoms with Gasteiger partial charge in [0.2, 0.25) is 0 Å². The lowest BCUT2D eigenvalue weighted by Crippen LogP contribution is -2.21. The van der Waals surface area contributed by atoms with E-state index in [0.717, 1.165) is 21.8 Å². The molecule has 30 heavy (non-hydrogen) atoms. The second kappa shape index (κ2) is 7.94. The summed E-state index contributed by atoms with van der Waals surface area (Å²) in [5.41, 5.74) is 1.04. The van der Waals surface area contributed by atoms with Gasteiger partial charge in [-0.15, -0.1) is 0 Å². The summed E-state index contributed by atoms with van der Waals surface area (Å²) in [6, 6.07) is 10.1. The zero-order chi connectivity index (χ0) is 22.1. The number of halogens is 3. The molecule has 2 aromatic carbocycles. The van der Waals surface area contributed by atoms with Crippen molar-refractivity contribution in [2.24, 2.45) is 0 Å². The number of hydrogen-bond donors (Lipinski definition) is 0. The van der Waals surface area contributed by atoms with Gasteiger partial charge >= 0.3 is 6.18 Å². The molecule has 10 heteroatoms. The number of carbonyl (C=O) groups is 1. The molecule has 158 valence electrons. The first-order valence-corrected chi connectivity index (χ1v) is 10.2. The van der Waals surface area contributed by atoms with Gasteiger partial charge < -0.3 is 4.90 Å². The third kappa shape index (κ3) is 4.54. The van der Waals surface area contributed by atoms with Crippen LogP contribution in [0.2, 0.25) is 0 Å². The van der Waals surface area contributed by atoms with Crippen LogP contribution in [0, 0.1) is 0 Å². The Morgan fingerprint density at radius 3 is 2.13 bits per heavy atom. The quantitative estimate of drug-likeness (QED) is 0.613. The molecule has 0 aliphatic heterocycles. The highest BCUT2D eigenvalue weighted by Gasteiger charge is 2.31. The molecular weight excluding hydrogens is 419 g/mol. The highest BCUT2D eigenvalue weighted by atomic mass is 32.2. The number of alkyl halides is 3. The molecule has 0 saturated heterocycles. The van der Waals surface area contributed by atoms with Crippen LogP contribution in [-0.4, -0.2) is 42.5 Å². The minimum absolute atomic E-state index is 0.128. The molecule has 0 atom stereocenters. The SMILES string of the molecule is CN(C)C(=O)c1ccc(Cc2cnn(S(=O)(=O)c3ccc(C(F)(F)F)cc3)c2)cc1. The summed E-state index contributed by atoms with van der Waals surface area (Å²) in [6.07, 6.45) is -1.49. The number of rotatable bonds is 5. The molecule has 0 aliphatic rings. The maximum Gasteiger partial charge on any atom is 0.416 e. The van der Waals surface area contributed by atoms with Gasteiger partial charge in [0.05, 0.1) is 16.7 Å². The van der Waals surface area contributed by atoms with Crippen LogP contribution in [0.25, 0.3) is 0 Å². The topological polar surface area (TPSA) is 72.3 Å². The van der Waals surface area contributed by atoms with Crippen LogP contribution in [-0.2, 0) is 22.6 Å². The third-order valence-corrected chi connectivity index (χ3v) is 5.91. The predicted molar refractivity (Wildman–Crippen MR) is 104 cm³/mol. The van der Waals surface area contributed by atoms with Gasteiger partial charge in [0.15, 0.2) is 0 Å². The van der Waals surface area contributed by atoms with Crippen molar-refractivity contribution in [1.82, 2.24) is 14.1 Å². The highest BCUT2D eigenvalue weighted by Crippen LogP contribution is 2.30. The smallest absolute Gasteiger partial charge is 0.345 e. The third-order valence-electron chi connectivity index (χ3n) is 4.35. The van der Waals surface area contributed by atoms with Crippen LogP contribution in [0.4, 0.5) is 13.2 Å². The monoisotopic (exact) mass is 437 g/mol. The van der Waals surface area contributed by atoms with Crippen LogP contribution < -0.4 is 0 Å². The Kier molecular flexibility index (Phi) is 5.71. The van der Waals surface area contributed by atoms with Crippen LogP contribution in [0.5, 0.6) is 0 Å². The van der Waals surface area contributed by atoms with Crippen LogP contribution in [0.3, 0.4) is 0 Å². The normalized spacial score (nSPS) is 12.0. The van der Waals surface area contributed by atoms with Crippen molar-refractivity contribution in [2.75, 3.05) is 14.1 Å². The summed E-state index contributed by atoms with van der Waals surface area (Å²) >= 11 is 0. The molecule has 1 amide bonds. The fraction of sp³-hybridized carbons (Fsp3) is 0.200. The molecule has 1 aromatic heterocycles. The van der Waals surface area contributed by atoms with Crippen LogP contribution in [0.15, 0.2) is 65.8 Å². The minimum Gasteiger partial charge on any atom is -0.345 e. The number of benzene rings is 2. The molecule has 0 aliphatic carbocycles. The fourth-order valence-electron chi connectivity index (χ4n) is 2.75. The Hall–Kier alpha value is -3.14. The van der Waals surface area contributed by atoms with Crippen molar-refractivity contribution in [2.45, 2.75) is 17.5 Å². The van der Waals surface area contributed by atoms with Gasteiger partial charge in [0.25, 0.3) is 15.9 Å². The van der Waals surface area contributed by atoms with Gasteiger partial charge in [-0.25, -0.2) is 0 Å². The van der Waals surface area contributed by atoms with Gasteiger partial charge in [0, 0.05) is 32.3 Å². The number of hydrogen-bond acceptors (Lipinski definition) is 4. The molecule has 6 nitrogen and oxygen atoms in total. The van der Waals surface area contributed by atoms with Gasteiger partial charge in [-0.1, -0.05) is 12.1 Å². The van der Waals surface area contributed by atoms with E-state index in [1.54, 1.807) is 38.4 Å². The molecule has 3 rings (SSSR count). The van der Waals surface area contributed by atoms with Crippen molar-refractivity contribution in [1.29, 1.82) is 0 Å². The van der Waals surface area contributed by atoms with Crippen molar-refractivity contribution < 1.29 is 26.4 Å². The molecule has 0 spiro atoms. The molecule has 3 aromatic rings. The first-order valence-electron chi connectivity index (χ1n) is 8.75. The Morgan fingerprint density at radius 1 is 1.00 bits per heavy atom. The average Bonchev–Trinajstić information content (AvgIpc) is 3.17. The van der Waals surface area contributed by atoms with Crippen molar-refractivity contribution >= 4 is 15.9 Å². The minimum atomic E-state index is -4.55. The Labute approximate surface area is 171 Å². The molecule has 0 fully saturated rings. The molecule has 0 N–H and O–H groups in total. The average molecular weight is 437 g/mol. The number of amides is 1. The first-order chi connectivity index (χ1) is 14.0. The van der Waals surface area contributed by atoms with Crippen molar-refractivity contribution in [3.8, 4) is 0 Å². The highest BCUT2D eigenvalue weighted by molar-refractivity contribution is 7.89. The Bertz CT molecular complexity index is 1150. The maximum absolute atomic E-state index is 12.7. The molecule has 0 radical (unpaired) electrons. The summed E-state index contributed by atoms with van der Waals surface area (Å²) in [5, 5.41) is 3.85. The summed E-state index contributed by atoms with van der Waals surface area (Å²) < 4.78 is 64.0. The van der Waals surface area contributed by atoms with E-state index in [-0.39, 0.29) is 10.8 Å². The standard InChI is InChI=1S/C20H18F3N3O3S/c1-25(2)19(27)16-5-3-14(4-6-16)11-15-12-24-26(13-15)30(28,29)18-9-7-17(8-10-18)20(21,22)23/h3-10,12-13H,11H2,1-2H3. The van der Waals surface area contributed by atoms with E-state index in [9.17, 15) is 26.4 Å². The van der Waals surface area contributed by atoms with Gasteiger partial charge in [-0.2, -0.15) is 30.8 Å². The molecule has 0 bridgehead atoms. The number of aromatic nitrogens is 2. The second-order valence-electron chi connectivity index (χ2n) is 6.82. The molecule has 0 saturated carbocycles. The van der Waals surface area contributed by atoms with Crippen molar-refractivity contribution in [3.63, 3.8) is 0 Å². The van der Waals surface area contributed by atoms with Crippen LogP contribution in [0.1, 0.15) is 27.0 Å². The van der Waals surface area contributed by atoms with E-state index < -0.39 is 21.8 Å². The lowest BCUT2D eigenvalue weighted by atomic mass is 10.1. The van der Waals surface area contributed by atoms with Crippen molar-refractivity contribution in [3.05, 3.63) is 83.2 Å². The largest absolute Gasteiger partial charge is 0.416 e. The zero-order valence-corrected chi connectivity index (χ0v) is 16.9. The first kappa shape index (κ1) is 21.6. The zero-order valence-electron chi connectivity index (χ0n) is 16.1. The van der Waals surface area contributed by atoms with Gasteiger partial charge in [0.1, 0.15) is 0 Å². The Morgan fingerprint density at radius 2 is 1.60 bits per heavy atom. The van der Waals surface area contributed by atoms with Crippen LogP contribution >= 0.6 is 0 Å². The molecule has 0 unspecified atom stereocenters. The predicted octanol–water partition coefficient (Wildman–Crippen LogP) is 3.43. The molecule has 1 heterocycles. The van der Waals surface area contributed by atoms with Gasteiger partial charge in [-0.3, -0.25) is 4.79 Å². The molecular formula is C20H18F3N3O3S. The number of carbonyl (C=O) groups excluding carboxylic acids is 1.